The summed E-state index contributed by atoms with van der Waals surface area (Å²) in [7, 11) is 1.87. The minimum Gasteiger partial charge on any atom is -0.319 e. The third-order valence-corrected chi connectivity index (χ3v) is 1.81. The predicted molar refractivity (Wildman–Crippen MR) is 52.2 cm³/mol. The van der Waals surface area contributed by atoms with Gasteiger partial charge in [0.15, 0.2) is 0 Å². The van der Waals surface area contributed by atoms with E-state index in [-0.39, 0.29) is 5.41 Å². The van der Waals surface area contributed by atoms with Gasteiger partial charge in [0.1, 0.15) is 5.78 Å². The maximum absolute atomic E-state index is 11.2. The van der Waals surface area contributed by atoms with Crippen molar-refractivity contribution in [2.75, 3.05) is 13.6 Å². The number of rotatable bonds is 5. The summed E-state index contributed by atoms with van der Waals surface area (Å²) in [5.41, 5.74) is 0.287. The molecule has 0 heterocycles. The van der Waals surface area contributed by atoms with Crippen molar-refractivity contribution in [1.29, 1.82) is 0 Å². The highest BCUT2D eigenvalue weighted by atomic mass is 16.1. The molecular formula is C10H21NO. The highest BCUT2D eigenvalue weighted by molar-refractivity contribution is 5.78. The molecule has 0 spiro atoms. The van der Waals surface area contributed by atoms with Crippen molar-refractivity contribution >= 4 is 5.78 Å². The van der Waals surface area contributed by atoms with Crippen molar-refractivity contribution in [1.82, 2.24) is 5.32 Å². The van der Waals surface area contributed by atoms with Crippen LogP contribution in [0.2, 0.25) is 0 Å². The molecule has 12 heavy (non-hydrogen) atoms. The lowest BCUT2D eigenvalue weighted by Gasteiger charge is -2.16. The van der Waals surface area contributed by atoms with Crippen molar-refractivity contribution in [3.63, 3.8) is 0 Å². The second-order valence-electron chi connectivity index (χ2n) is 4.45. The normalized spacial score (nSPS) is 11.7. The fraction of sp³-hybridized carbons (Fsp3) is 0.900. The van der Waals surface area contributed by atoms with Crippen LogP contribution in [0.1, 0.15) is 40.0 Å². The molecule has 1 N–H and O–H groups in total. The van der Waals surface area contributed by atoms with Crippen LogP contribution in [0.15, 0.2) is 0 Å². The van der Waals surface area contributed by atoms with Crippen LogP contribution in [0.4, 0.5) is 0 Å². The summed E-state index contributed by atoms with van der Waals surface area (Å²) < 4.78 is 0. The Hall–Kier alpha value is -0.370. The highest BCUT2D eigenvalue weighted by Crippen LogP contribution is 2.20. The second-order valence-corrected chi connectivity index (χ2v) is 4.45. The monoisotopic (exact) mass is 171 g/mol. The van der Waals surface area contributed by atoms with Gasteiger partial charge in [0.2, 0.25) is 0 Å². The van der Waals surface area contributed by atoms with E-state index < -0.39 is 0 Å². The quantitative estimate of drug-likeness (QED) is 0.685. The summed E-state index contributed by atoms with van der Waals surface area (Å²) in [6.45, 7) is 7.30. The summed E-state index contributed by atoms with van der Waals surface area (Å²) in [6, 6.07) is 0. The van der Waals surface area contributed by atoms with Gasteiger partial charge in [-0.3, -0.25) is 4.79 Å². The van der Waals surface area contributed by atoms with Crippen LogP contribution in [0.5, 0.6) is 0 Å². The molecule has 0 radical (unpaired) electrons. The number of ketones is 1. The molecule has 0 aromatic rings. The van der Waals surface area contributed by atoms with Gasteiger partial charge in [-0.05, 0) is 18.9 Å². The first kappa shape index (κ1) is 11.6. The number of nitrogens with one attached hydrogen (secondary N) is 1. The molecule has 0 aromatic heterocycles. The maximum Gasteiger partial charge on any atom is 0.134 e. The average molecular weight is 171 g/mol. The lowest BCUT2D eigenvalue weighted by Crippen LogP contribution is -2.14. The SMILES string of the molecule is CNCCC(=O)CCC(C)(C)C. The molecule has 0 aromatic carbocycles. The van der Waals surface area contributed by atoms with Gasteiger partial charge in [0.25, 0.3) is 0 Å². The van der Waals surface area contributed by atoms with Crippen molar-refractivity contribution in [2.24, 2.45) is 5.41 Å². The third-order valence-electron chi connectivity index (χ3n) is 1.81. The zero-order chi connectivity index (χ0) is 9.61. The van der Waals surface area contributed by atoms with E-state index in [0.29, 0.717) is 12.2 Å². The molecule has 0 atom stereocenters. The van der Waals surface area contributed by atoms with Crippen LogP contribution in [-0.2, 0) is 4.79 Å². The van der Waals surface area contributed by atoms with E-state index >= 15 is 0 Å². The van der Waals surface area contributed by atoms with Gasteiger partial charge in [-0.2, -0.15) is 0 Å². The van der Waals surface area contributed by atoms with Crippen molar-refractivity contribution in [3.05, 3.63) is 0 Å². The first-order valence-electron chi connectivity index (χ1n) is 4.62. The van der Waals surface area contributed by atoms with E-state index in [1.54, 1.807) is 0 Å². The Morgan fingerprint density at radius 1 is 1.25 bits per heavy atom. The van der Waals surface area contributed by atoms with E-state index in [9.17, 15) is 4.79 Å². The van der Waals surface area contributed by atoms with Crippen LogP contribution in [-0.4, -0.2) is 19.4 Å². The van der Waals surface area contributed by atoms with Crippen molar-refractivity contribution < 1.29 is 4.79 Å². The molecule has 0 aliphatic carbocycles. The van der Waals surface area contributed by atoms with Crippen molar-refractivity contribution in [3.8, 4) is 0 Å². The molecule has 0 saturated carbocycles. The van der Waals surface area contributed by atoms with Crippen LogP contribution < -0.4 is 5.32 Å². The molecule has 0 rings (SSSR count). The number of hydrogen-bond acceptors (Lipinski definition) is 2. The predicted octanol–water partition coefficient (Wildman–Crippen LogP) is 1.99. The number of hydrogen-bond donors (Lipinski definition) is 1. The largest absolute Gasteiger partial charge is 0.319 e. The molecular weight excluding hydrogens is 150 g/mol. The first-order chi connectivity index (χ1) is 5.45. The van der Waals surface area contributed by atoms with Crippen LogP contribution >= 0.6 is 0 Å². The standard InChI is InChI=1S/C10H21NO/c1-10(2,3)7-5-9(12)6-8-11-4/h11H,5-8H2,1-4H3. The number of carbonyl (C=O) groups is 1. The molecule has 72 valence electrons. The molecule has 0 bridgehead atoms. The topological polar surface area (TPSA) is 29.1 Å². The van der Waals surface area contributed by atoms with Gasteiger partial charge >= 0.3 is 0 Å². The van der Waals surface area contributed by atoms with Gasteiger partial charge in [0.05, 0.1) is 0 Å². The Balaban J connectivity index is 3.44. The van der Waals surface area contributed by atoms with Gasteiger partial charge in [0, 0.05) is 19.4 Å². The van der Waals surface area contributed by atoms with Crippen LogP contribution in [0.3, 0.4) is 0 Å². The lowest BCUT2D eigenvalue weighted by molar-refractivity contribution is -0.119. The summed E-state index contributed by atoms with van der Waals surface area (Å²) >= 11 is 0. The smallest absolute Gasteiger partial charge is 0.134 e. The Kier molecular flexibility index (Phi) is 5.14. The van der Waals surface area contributed by atoms with Crippen molar-refractivity contribution in [2.45, 2.75) is 40.0 Å². The van der Waals surface area contributed by atoms with Gasteiger partial charge < -0.3 is 5.32 Å². The Morgan fingerprint density at radius 3 is 2.25 bits per heavy atom. The average Bonchev–Trinajstić information content (AvgIpc) is 1.95. The molecule has 0 amide bonds. The summed E-state index contributed by atoms with van der Waals surface area (Å²) in [4.78, 5) is 11.2. The fourth-order valence-electron chi connectivity index (χ4n) is 0.904. The Bertz CT molecular complexity index is 135. The maximum atomic E-state index is 11.2. The molecule has 0 aliphatic rings. The van der Waals surface area contributed by atoms with Gasteiger partial charge in [-0.1, -0.05) is 20.8 Å². The molecule has 0 saturated heterocycles. The molecule has 2 heteroatoms. The summed E-state index contributed by atoms with van der Waals surface area (Å²) in [5, 5.41) is 2.97. The number of carbonyl (C=O) groups excluding carboxylic acids is 1. The number of Topliss-reactive ketones (excluding diaryl/α,β-unsaturated/α-hetero) is 1. The fourth-order valence-corrected chi connectivity index (χ4v) is 0.904. The Morgan fingerprint density at radius 2 is 1.83 bits per heavy atom. The minimum absolute atomic E-state index is 0.287. The zero-order valence-electron chi connectivity index (χ0n) is 8.74. The lowest BCUT2D eigenvalue weighted by atomic mass is 9.89. The van der Waals surface area contributed by atoms with E-state index in [1.165, 1.54) is 0 Å². The zero-order valence-corrected chi connectivity index (χ0v) is 8.74. The molecule has 0 aliphatic heterocycles. The Labute approximate surface area is 75.7 Å². The molecule has 0 unspecified atom stereocenters. The minimum atomic E-state index is 0.287. The molecule has 0 fully saturated rings. The van der Waals surface area contributed by atoms with E-state index in [2.05, 4.69) is 26.1 Å². The van der Waals surface area contributed by atoms with Gasteiger partial charge in [-0.25, -0.2) is 0 Å². The van der Waals surface area contributed by atoms with Crippen LogP contribution in [0.25, 0.3) is 0 Å². The second kappa shape index (κ2) is 5.31. The summed E-state index contributed by atoms with van der Waals surface area (Å²) in [5.74, 6) is 0.374. The van der Waals surface area contributed by atoms with E-state index in [1.807, 2.05) is 7.05 Å². The van der Waals surface area contributed by atoms with Crippen LogP contribution in [0, 0.1) is 5.41 Å². The third kappa shape index (κ3) is 7.73. The molecule has 2 nitrogen and oxygen atoms in total. The van der Waals surface area contributed by atoms with Gasteiger partial charge in [-0.15, -0.1) is 0 Å². The highest BCUT2D eigenvalue weighted by Gasteiger charge is 2.12. The van der Waals surface area contributed by atoms with E-state index in [0.717, 1.165) is 19.4 Å². The first-order valence-corrected chi connectivity index (χ1v) is 4.62. The van der Waals surface area contributed by atoms with E-state index in [4.69, 9.17) is 0 Å². The summed E-state index contributed by atoms with van der Waals surface area (Å²) in [6.07, 6.45) is 2.40.